The van der Waals surface area contributed by atoms with Crippen molar-refractivity contribution in [3.05, 3.63) is 179 Å². The first-order valence-corrected chi connectivity index (χ1v) is 13.6. The van der Waals surface area contributed by atoms with Crippen molar-refractivity contribution in [2.45, 2.75) is 30.1 Å². The highest BCUT2D eigenvalue weighted by molar-refractivity contribution is 5.50. The summed E-state index contributed by atoms with van der Waals surface area (Å²) in [6.45, 7) is 0.977. The highest BCUT2D eigenvalue weighted by atomic mass is 16.5. The SMILES string of the molecule is c1ccc(C(OC(c2ccccc2)(c2ccccc2)[C@H]2CCCN2)(c2ccccc2)c2ccccc2)cc1. The van der Waals surface area contributed by atoms with Gasteiger partial charge in [0.25, 0.3) is 0 Å². The molecule has 38 heavy (non-hydrogen) atoms. The van der Waals surface area contributed by atoms with Gasteiger partial charge in [-0.3, -0.25) is 0 Å². The summed E-state index contributed by atoms with van der Waals surface area (Å²) in [6, 6.07) is 53.7. The Labute approximate surface area is 226 Å². The molecule has 0 bridgehead atoms. The zero-order valence-electron chi connectivity index (χ0n) is 21.5. The molecule has 1 heterocycles. The zero-order valence-corrected chi connectivity index (χ0v) is 21.5. The van der Waals surface area contributed by atoms with E-state index < -0.39 is 11.2 Å². The average Bonchev–Trinajstić information content (AvgIpc) is 3.56. The Bertz CT molecular complexity index is 1280. The fraction of sp³-hybridized carbons (Fsp3) is 0.167. The third-order valence-electron chi connectivity index (χ3n) is 7.81. The van der Waals surface area contributed by atoms with Gasteiger partial charge >= 0.3 is 0 Å². The van der Waals surface area contributed by atoms with Crippen molar-refractivity contribution in [3.8, 4) is 0 Å². The molecule has 0 aliphatic carbocycles. The molecule has 2 heteroatoms. The highest BCUT2D eigenvalue weighted by Gasteiger charge is 2.52. The Hall–Kier alpha value is -3.98. The van der Waals surface area contributed by atoms with Crippen LogP contribution in [0.3, 0.4) is 0 Å². The predicted octanol–water partition coefficient (Wildman–Crippen LogP) is 7.69. The number of hydrogen-bond acceptors (Lipinski definition) is 2. The van der Waals surface area contributed by atoms with Crippen molar-refractivity contribution in [1.82, 2.24) is 5.32 Å². The van der Waals surface area contributed by atoms with Gasteiger partial charge in [-0.1, -0.05) is 152 Å². The van der Waals surface area contributed by atoms with Gasteiger partial charge in [-0.05, 0) is 47.2 Å². The van der Waals surface area contributed by atoms with E-state index >= 15 is 0 Å². The van der Waals surface area contributed by atoms with Crippen LogP contribution in [-0.4, -0.2) is 12.6 Å². The highest BCUT2D eigenvalue weighted by Crippen LogP contribution is 2.50. The number of benzene rings is 5. The summed E-state index contributed by atoms with van der Waals surface area (Å²) in [5, 5.41) is 3.85. The molecule has 2 nitrogen and oxygen atoms in total. The second-order valence-electron chi connectivity index (χ2n) is 10.00. The molecule has 0 saturated carbocycles. The van der Waals surface area contributed by atoms with E-state index in [0.717, 1.165) is 47.2 Å². The summed E-state index contributed by atoms with van der Waals surface area (Å²) in [5.41, 5.74) is 4.00. The summed E-state index contributed by atoms with van der Waals surface area (Å²) in [4.78, 5) is 0. The van der Waals surface area contributed by atoms with Gasteiger partial charge in [0.1, 0.15) is 11.2 Å². The summed E-state index contributed by atoms with van der Waals surface area (Å²) in [6.07, 6.45) is 2.14. The van der Waals surface area contributed by atoms with E-state index in [1.165, 1.54) is 0 Å². The lowest BCUT2D eigenvalue weighted by molar-refractivity contribution is -0.121. The fourth-order valence-corrected chi connectivity index (χ4v) is 6.10. The van der Waals surface area contributed by atoms with Crippen molar-refractivity contribution in [1.29, 1.82) is 0 Å². The third kappa shape index (κ3) is 4.26. The fourth-order valence-electron chi connectivity index (χ4n) is 6.10. The first kappa shape index (κ1) is 24.4. The van der Waals surface area contributed by atoms with Gasteiger partial charge in [-0.15, -0.1) is 0 Å². The Morgan fingerprint density at radius 3 is 1.13 bits per heavy atom. The maximum absolute atomic E-state index is 7.98. The molecule has 5 aromatic carbocycles. The summed E-state index contributed by atoms with van der Waals surface area (Å²) >= 11 is 0. The number of rotatable bonds is 8. The quantitative estimate of drug-likeness (QED) is 0.223. The second kappa shape index (κ2) is 10.8. The normalized spacial score (nSPS) is 15.8. The van der Waals surface area contributed by atoms with E-state index in [1.807, 2.05) is 0 Å². The van der Waals surface area contributed by atoms with Crippen molar-refractivity contribution in [3.63, 3.8) is 0 Å². The molecule has 1 atom stereocenters. The standard InChI is InChI=1S/C36H33NO/c1-6-17-29(18-7-1)35(30-19-8-2-9-20-30,31-21-10-3-11-22-31)38-36(34-27-16-28-37-34,32-23-12-4-13-24-32)33-25-14-5-15-26-33/h1-15,17-26,34,37H,16,27-28H2/t34-/m1/s1. The van der Waals surface area contributed by atoms with Crippen molar-refractivity contribution >= 4 is 0 Å². The Morgan fingerprint density at radius 2 is 0.816 bits per heavy atom. The molecule has 0 aromatic heterocycles. The van der Waals surface area contributed by atoms with Gasteiger partial charge in [0, 0.05) is 6.04 Å². The molecule has 0 unspecified atom stereocenters. The zero-order chi connectivity index (χ0) is 25.7. The summed E-state index contributed by atoms with van der Waals surface area (Å²) < 4.78 is 7.98. The van der Waals surface area contributed by atoms with Crippen LogP contribution in [-0.2, 0) is 15.9 Å². The van der Waals surface area contributed by atoms with Gasteiger partial charge in [0.15, 0.2) is 0 Å². The van der Waals surface area contributed by atoms with Crippen LogP contribution in [0.15, 0.2) is 152 Å². The molecule has 0 spiro atoms. The largest absolute Gasteiger partial charge is 0.343 e. The molecular formula is C36H33NO. The van der Waals surface area contributed by atoms with Gasteiger partial charge in [-0.25, -0.2) is 0 Å². The second-order valence-corrected chi connectivity index (χ2v) is 10.00. The molecule has 1 aliphatic heterocycles. The first-order chi connectivity index (χ1) is 18.8. The Balaban J connectivity index is 1.71. The number of hydrogen-bond donors (Lipinski definition) is 1. The van der Waals surface area contributed by atoms with E-state index in [2.05, 4.69) is 157 Å². The van der Waals surface area contributed by atoms with Crippen LogP contribution in [0.4, 0.5) is 0 Å². The minimum atomic E-state index is -0.861. The van der Waals surface area contributed by atoms with Gasteiger partial charge < -0.3 is 10.1 Å². The van der Waals surface area contributed by atoms with Crippen LogP contribution in [0, 0.1) is 0 Å². The van der Waals surface area contributed by atoms with Crippen molar-refractivity contribution in [2.24, 2.45) is 0 Å². The first-order valence-electron chi connectivity index (χ1n) is 13.6. The van der Waals surface area contributed by atoms with Crippen LogP contribution in [0.2, 0.25) is 0 Å². The lowest BCUT2D eigenvalue weighted by atomic mass is 9.75. The molecular weight excluding hydrogens is 462 g/mol. The lowest BCUT2D eigenvalue weighted by Gasteiger charge is -2.48. The molecule has 5 aromatic rings. The van der Waals surface area contributed by atoms with Crippen LogP contribution in [0.1, 0.15) is 40.7 Å². The predicted molar refractivity (Wildman–Crippen MR) is 155 cm³/mol. The lowest BCUT2D eigenvalue weighted by Crippen LogP contribution is -2.53. The van der Waals surface area contributed by atoms with E-state index in [4.69, 9.17) is 4.74 Å². The van der Waals surface area contributed by atoms with Crippen LogP contribution in [0.25, 0.3) is 0 Å². The number of ether oxygens (including phenoxy) is 1. The molecule has 0 radical (unpaired) electrons. The molecule has 1 fully saturated rings. The Kier molecular flexibility index (Phi) is 6.92. The van der Waals surface area contributed by atoms with E-state index in [9.17, 15) is 0 Å². The minimum absolute atomic E-state index is 0.0998. The monoisotopic (exact) mass is 495 g/mol. The molecule has 1 N–H and O–H groups in total. The van der Waals surface area contributed by atoms with Crippen molar-refractivity contribution < 1.29 is 4.74 Å². The van der Waals surface area contributed by atoms with Gasteiger partial charge in [-0.2, -0.15) is 0 Å². The van der Waals surface area contributed by atoms with Crippen LogP contribution < -0.4 is 5.32 Å². The third-order valence-corrected chi connectivity index (χ3v) is 7.81. The maximum atomic E-state index is 7.98. The summed E-state index contributed by atoms with van der Waals surface area (Å²) in [5.74, 6) is 0. The summed E-state index contributed by atoms with van der Waals surface area (Å²) in [7, 11) is 0. The molecule has 1 saturated heterocycles. The van der Waals surface area contributed by atoms with Gasteiger partial charge in [0.05, 0.1) is 0 Å². The smallest absolute Gasteiger partial charge is 0.145 e. The van der Waals surface area contributed by atoms with Crippen LogP contribution in [0.5, 0.6) is 0 Å². The average molecular weight is 496 g/mol. The van der Waals surface area contributed by atoms with E-state index in [-0.39, 0.29) is 6.04 Å². The van der Waals surface area contributed by atoms with Gasteiger partial charge in [0.2, 0.25) is 0 Å². The van der Waals surface area contributed by atoms with E-state index in [1.54, 1.807) is 0 Å². The number of nitrogens with one attached hydrogen (secondary N) is 1. The maximum Gasteiger partial charge on any atom is 0.145 e. The molecule has 6 rings (SSSR count). The molecule has 188 valence electrons. The minimum Gasteiger partial charge on any atom is -0.343 e. The van der Waals surface area contributed by atoms with Crippen molar-refractivity contribution in [2.75, 3.05) is 6.54 Å². The molecule has 1 aliphatic rings. The Morgan fingerprint density at radius 1 is 0.474 bits per heavy atom. The van der Waals surface area contributed by atoms with E-state index in [0.29, 0.717) is 0 Å². The molecule has 0 amide bonds. The van der Waals surface area contributed by atoms with Crippen LogP contribution >= 0.6 is 0 Å². The topological polar surface area (TPSA) is 21.3 Å².